The molecule has 2 rings (SSSR count). The predicted octanol–water partition coefficient (Wildman–Crippen LogP) is 2.92. The molecule has 0 saturated carbocycles. The highest BCUT2D eigenvalue weighted by Crippen LogP contribution is 2.28. The molecule has 0 fully saturated rings. The monoisotopic (exact) mass is 273 g/mol. The molecule has 0 bridgehead atoms. The standard InChI is InChI=1S/C14H15N3O3/c1-10-5-6-12(17(18)19)13(8-10)20-9-11-4-3-7-16-14(11)15-2/h3-8H,9H2,1-2H3,(H,15,16). The zero-order chi connectivity index (χ0) is 14.5. The number of aryl methyl sites for hydroxylation is 1. The van der Waals surface area contributed by atoms with Gasteiger partial charge >= 0.3 is 5.69 Å². The number of nitro groups is 1. The Labute approximate surface area is 116 Å². The number of hydrogen-bond acceptors (Lipinski definition) is 5. The van der Waals surface area contributed by atoms with Crippen molar-refractivity contribution in [1.82, 2.24) is 4.98 Å². The summed E-state index contributed by atoms with van der Waals surface area (Å²) in [4.78, 5) is 14.7. The third-order valence-electron chi connectivity index (χ3n) is 2.82. The Balaban J connectivity index is 2.22. The van der Waals surface area contributed by atoms with Crippen LogP contribution in [0.1, 0.15) is 11.1 Å². The Morgan fingerprint density at radius 2 is 2.20 bits per heavy atom. The summed E-state index contributed by atoms with van der Waals surface area (Å²) in [6, 6.07) is 8.46. The second kappa shape index (κ2) is 6.01. The number of ether oxygens (including phenoxy) is 1. The number of aromatic nitrogens is 1. The van der Waals surface area contributed by atoms with Gasteiger partial charge in [0.15, 0.2) is 5.75 Å². The lowest BCUT2D eigenvalue weighted by Crippen LogP contribution is -2.03. The van der Waals surface area contributed by atoms with Crippen LogP contribution in [0, 0.1) is 17.0 Å². The molecule has 0 radical (unpaired) electrons. The number of nitrogens with one attached hydrogen (secondary N) is 1. The second-order valence-corrected chi connectivity index (χ2v) is 4.28. The maximum absolute atomic E-state index is 11.0. The van der Waals surface area contributed by atoms with Gasteiger partial charge in [0.1, 0.15) is 12.4 Å². The van der Waals surface area contributed by atoms with Gasteiger partial charge in [0.05, 0.1) is 4.92 Å². The van der Waals surface area contributed by atoms with E-state index < -0.39 is 4.92 Å². The predicted molar refractivity (Wildman–Crippen MR) is 75.9 cm³/mol. The van der Waals surface area contributed by atoms with E-state index in [2.05, 4.69) is 10.3 Å². The van der Waals surface area contributed by atoms with Gasteiger partial charge in [0.25, 0.3) is 0 Å². The van der Waals surface area contributed by atoms with Crippen LogP contribution in [0.15, 0.2) is 36.5 Å². The van der Waals surface area contributed by atoms with Crippen LogP contribution in [0.2, 0.25) is 0 Å². The van der Waals surface area contributed by atoms with Crippen molar-refractivity contribution >= 4 is 11.5 Å². The molecule has 0 aliphatic heterocycles. The van der Waals surface area contributed by atoms with E-state index in [9.17, 15) is 10.1 Å². The number of nitrogens with zero attached hydrogens (tertiary/aromatic N) is 2. The molecule has 104 valence electrons. The second-order valence-electron chi connectivity index (χ2n) is 4.28. The molecule has 0 aliphatic carbocycles. The first kappa shape index (κ1) is 13.8. The quantitative estimate of drug-likeness (QED) is 0.669. The van der Waals surface area contributed by atoms with Gasteiger partial charge in [-0.25, -0.2) is 4.98 Å². The van der Waals surface area contributed by atoms with Crippen molar-refractivity contribution in [2.24, 2.45) is 0 Å². The van der Waals surface area contributed by atoms with Crippen molar-refractivity contribution in [3.05, 3.63) is 57.8 Å². The fourth-order valence-corrected chi connectivity index (χ4v) is 1.82. The first-order chi connectivity index (χ1) is 9.61. The van der Waals surface area contributed by atoms with Crippen molar-refractivity contribution in [1.29, 1.82) is 0 Å². The molecule has 2 aromatic rings. The van der Waals surface area contributed by atoms with Gasteiger partial charge in [-0.15, -0.1) is 0 Å². The van der Waals surface area contributed by atoms with Crippen LogP contribution in [-0.2, 0) is 6.61 Å². The minimum absolute atomic E-state index is 0.0366. The van der Waals surface area contributed by atoms with Crippen molar-refractivity contribution in [2.45, 2.75) is 13.5 Å². The highest BCUT2D eigenvalue weighted by atomic mass is 16.6. The number of hydrogen-bond donors (Lipinski definition) is 1. The fraction of sp³-hybridized carbons (Fsp3) is 0.214. The summed E-state index contributed by atoms with van der Waals surface area (Å²) in [7, 11) is 1.76. The van der Waals surface area contributed by atoms with Gasteiger partial charge in [-0.1, -0.05) is 12.1 Å². The number of anilines is 1. The average molecular weight is 273 g/mol. The van der Waals surface area contributed by atoms with Crippen LogP contribution in [-0.4, -0.2) is 17.0 Å². The van der Waals surface area contributed by atoms with Gasteiger partial charge < -0.3 is 10.1 Å². The van der Waals surface area contributed by atoms with Crippen molar-refractivity contribution in [2.75, 3.05) is 12.4 Å². The Bertz CT molecular complexity index is 629. The van der Waals surface area contributed by atoms with E-state index >= 15 is 0 Å². The van der Waals surface area contributed by atoms with Crippen LogP contribution in [0.25, 0.3) is 0 Å². The van der Waals surface area contributed by atoms with Gasteiger partial charge in [0, 0.05) is 24.9 Å². The number of nitro benzene ring substituents is 1. The highest BCUT2D eigenvalue weighted by molar-refractivity contribution is 5.49. The molecule has 6 nitrogen and oxygen atoms in total. The van der Waals surface area contributed by atoms with Crippen molar-refractivity contribution in [3.8, 4) is 5.75 Å². The molecule has 0 aliphatic rings. The molecule has 1 aromatic carbocycles. The van der Waals surface area contributed by atoms with Crippen LogP contribution in [0.4, 0.5) is 11.5 Å². The summed E-state index contributed by atoms with van der Waals surface area (Å²) >= 11 is 0. The summed E-state index contributed by atoms with van der Waals surface area (Å²) < 4.78 is 5.59. The minimum Gasteiger partial charge on any atom is -0.482 e. The Morgan fingerprint density at radius 1 is 1.40 bits per heavy atom. The molecule has 1 aromatic heterocycles. The lowest BCUT2D eigenvalue weighted by Gasteiger charge is -2.10. The van der Waals surface area contributed by atoms with E-state index in [4.69, 9.17) is 4.74 Å². The van der Waals surface area contributed by atoms with Gasteiger partial charge in [-0.3, -0.25) is 10.1 Å². The Morgan fingerprint density at radius 3 is 2.90 bits per heavy atom. The minimum atomic E-state index is -0.447. The maximum atomic E-state index is 11.0. The topological polar surface area (TPSA) is 77.3 Å². The Hall–Kier alpha value is -2.63. The Kier molecular flexibility index (Phi) is 4.14. The zero-order valence-electron chi connectivity index (χ0n) is 11.3. The van der Waals surface area contributed by atoms with Crippen LogP contribution < -0.4 is 10.1 Å². The van der Waals surface area contributed by atoms with E-state index in [1.165, 1.54) is 6.07 Å². The van der Waals surface area contributed by atoms with Gasteiger partial charge in [0.2, 0.25) is 0 Å². The molecule has 0 spiro atoms. The highest BCUT2D eigenvalue weighted by Gasteiger charge is 2.15. The number of rotatable bonds is 5. The van der Waals surface area contributed by atoms with Crippen LogP contribution in [0.3, 0.4) is 0 Å². The maximum Gasteiger partial charge on any atom is 0.310 e. The zero-order valence-corrected chi connectivity index (χ0v) is 11.3. The smallest absolute Gasteiger partial charge is 0.310 e. The third kappa shape index (κ3) is 3.03. The summed E-state index contributed by atoms with van der Waals surface area (Å²) in [5, 5.41) is 13.9. The molecule has 0 atom stereocenters. The fourth-order valence-electron chi connectivity index (χ4n) is 1.82. The summed E-state index contributed by atoms with van der Waals surface area (Å²) in [6.07, 6.45) is 1.67. The molecule has 1 heterocycles. The van der Waals surface area contributed by atoms with Crippen LogP contribution >= 0.6 is 0 Å². The first-order valence-corrected chi connectivity index (χ1v) is 6.11. The van der Waals surface area contributed by atoms with E-state index in [1.807, 2.05) is 13.0 Å². The summed E-state index contributed by atoms with van der Waals surface area (Å²) in [5.41, 5.74) is 1.71. The molecule has 1 N–H and O–H groups in total. The molecule has 6 heteroatoms. The van der Waals surface area contributed by atoms with Crippen molar-refractivity contribution in [3.63, 3.8) is 0 Å². The summed E-state index contributed by atoms with van der Waals surface area (Å²) in [6.45, 7) is 2.08. The third-order valence-corrected chi connectivity index (χ3v) is 2.82. The average Bonchev–Trinajstić information content (AvgIpc) is 2.45. The van der Waals surface area contributed by atoms with E-state index in [0.29, 0.717) is 5.82 Å². The number of benzene rings is 1. The first-order valence-electron chi connectivity index (χ1n) is 6.11. The number of pyridine rings is 1. The van der Waals surface area contributed by atoms with Gasteiger partial charge in [-0.05, 0) is 24.6 Å². The van der Waals surface area contributed by atoms with E-state index in [-0.39, 0.29) is 18.0 Å². The van der Waals surface area contributed by atoms with Crippen molar-refractivity contribution < 1.29 is 9.66 Å². The summed E-state index contributed by atoms with van der Waals surface area (Å²) in [5.74, 6) is 0.962. The normalized spacial score (nSPS) is 10.1. The van der Waals surface area contributed by atoms with Crippen LogP contribution in [0.5, 0.6) is 5.75 Å². The SMILES string of the molecule is CNc1ncccc1COc1cc(C)ccc1[N+](=O)[O-]. The lowest BCUT2D eigenvalue weighted by molar-refractivity contribution is -0.386. The molecular formula is C14H15N3O3. The molecule has 0 saturated heterocycles. The molecule has 20 heavy (non-hydrogen) atoms. The van der Waals surface area contributed by atoms with E-state index in [0.717, 1.165) is 11.1 Å². The largest absolute Gasteiger partial charge is 0.482 e. The molecule has 0 unspecified atom stereocenters. The molecular weight excluding hydrogens is 258 g/mol. The van der Waals surface area contributed by atoms with Gasteiger partial charge in [-0.2, -0.15) is 0 Å². The lowest BCUT2D eigenvalue weighted by atomic mass is 10.2. The van der Waals surface area contributed by atoms with E-state index in [1.54, 1.807) is 31.4 Å². The molecule has 0 amide bonds.